The smallest absolute Gasteiger partial charge is 0.143 e. The molecule has 0 spiro atoms. The van der Waals surface area contributed by atoms with Gasteiger partial charge >= 0.3 is 0 Å². The number of para-hydroxylation sites is 3. The molecule has 6 heteroatoms. The van der Waals surface area contributed by atoms with Gasteiger partial charge in [0.05, 0.1) is 40.6 Å². The Morgan fingerprint density at radius 3 is 2.05 bits per heavy atom. The van der Waals surface area contributed by atoms with Crippen molar-refractivity contribution in [2.24, 2.45) is 0 Å². The van der Waals surface area contributed by atoms with Gasteiger partial charge in [-0.2, -0.15) is 0 Å². The normalized spacial score (nSPS) is 18.4. The molecule has 56 heavy (non-hydrogen) atoms. The number of hydrogen-bond acceptors (Lipinski definition) is 5. The second-order valence-electron chi connectivity index (χ2n) is 14.7. The van der Waals surface area contributed by atoms with Gasteiger partial charge in [0.2, 0.25) is 0 Å². The van der Waals surface area contributed by atoms with Crippen molar-refractivity contribution in [1.82, 2.24) is 20.5 Å². The largest absolute Gasteiger partial charge is 0.455 e. The fourth-order valence-electron chi connectivity index (χ4n) is 9.10. The molecule has 7 aromatic carbocycles. The van der Waals surface area contributed by atoms with E-state index in [1.165, 1.54) is 64.2 Å². The lowest BCUT2D eigenvalue weighted by atomic mass is 9.96. The van der Waals surface area contributed by atoms with E-state index in [4.69, 9.17) is 4.42 Å². The summed E-state index contributed by atoms with van der Waals surface area (Å²) in [6.45, 7) is 0. The van der Waals surface area contributed by atoms with Crippen LogP contribution in [-0.4, -0.2) is 10.7 Å². The van der Waals surface area contributed by atoms with Crippen LogP contribution in [0.4, 0.5) is 0 Å². The molecule has 1 aliphatic carbocycles. The monoisotopic (exact) mass is 738 g/mol. The SMILES string of the molecule is C1=CC=C(C2NC(c3ccccc3)NC(c3cccc4c3sc3cccc(-c5cccc6c5oc5cccc(-n7c8ccccc8c8ccccc87)c56)c34)N2)C=1. The fraction of sp³-hybridized carbons (Fsp3) is 0.0600. The first kappa shape index (κ1) is 31.8. The lowest BCUT2D eigenvalue weighted by molar-refractivity contribution is 0.225. The molecule has 1 saturated heterocycles. The summed E-state index contributed by atoms with van der Waals surface area (Å²) in [5.41, 5.74) is 14.4. The number of nitrogens with one attached hydrogen (secondary N) is 3. The molecule has 10 aromatic rings. The summed E-state index contributed by atoms with van der Waals surface area (Å²) >= 11 is 1.86. The van der Waals surface area contributed by atoms with Crippen LogP contribution in [0.3, 0.4) is 0 Å². The van der Waals surface area contributed by atoms with E-state index >= 15 is 0 Å². The van der Waals surface area contributed by atoms with Crippen LogP contribution in [0, 0.1) is 0 Å². The maximum atomic E-state index is 6.92. The molecule has 266 valence electrons. The number of benzene rings is 7. The van der Waals surface area contributed by atoms with E-state index < -0.39 is 0 Å². The molecule has 4 heterocycles. The number of allylic oxidation sites excluding steroid dienone is 1. The summed E-state index contributed by atoms with van der Waals surface area (Å²) in [6, 6.07) is 54.5. The lowest BCUT2D eigenvalue weighted by Crippen LogP contribution is -2.59. The Bertz CT molecular complexity index is 3250. The number of furan rings is 1. The van der Waals surface area contributed by atoms with Crippen molar-refractivity contribution < 1.29 is 4.42 Å². The lowest BCUT2D eigenvalue weighted by Gasteiger charge is -2.39. The van der Waals surface area contributed by atoms with Crippen LogP contribution in [0.1, 0.15) is 23.5 Å². The Hall–Kier alpha value is -6.50. The molecule has 5 nitrogen and oxygen atoms in total. The maximum absolute atomic E-state index is 6.92. The highest BCUT2D eigenvalue weighted by Crippen LogP contribution is 2.46. The van der Waals surface area contributed by atoms with E-state index in [1.54, 1.807) is 0 Å². The summed E-state index contributed by atoms with van der Waals surface area (Å²) in [5.74, 6) is 0. The molecule has 0 radical (unpaired) electrons. The molecular formula is C50H34N4OS. The van der Waals surface area contributed by atoms with E-state index in [9.17, 15) is 0 Å². The summed E-state index contributed by atoms with van der Waals surface area (Å²) in [6.07, 6.45) is 5.99. The summed E-state index contributed by atoms with van der Waals surface area (Å²) in [5, 5.41) is 18.8. The van der Waals surface area contributed by atoms with Crippen LogP contribution in [0.5, 0.6) is 0 Å². The fourth-order valence-corrected chi connectivity index (χ4v) is 10.4. The summed E-state index contributed by atoms with van der Waals surface area (Å²) < 4.78 is 11.8. The number of nitrogens with zero attached hydrogens (tertiary/aromatic N) is 1. The average molecular weight is 739 g/mol. The van der Waals surface area contributed by atoms with Crippen LogP contribution in [0.25, 0.3) is 80.7 Å². The van der Waals surface area contributed by atoms with Crippen LogP contribution in [-0.2, 0) is 0 Å². The zero-order chi connectivity index (χ0) is 36.7. The van der Waals surface area contributed by atoms with Crippen LogP contribution < -0.4 is 16.0 Å². The molecule has 1 fully saturated rings. The van der Waals surface area contributed by atoms with Gasteiger partial charge in [-0.1, -0.05) is 121 Å². The average Bonchev–Trinajstić information content (AvgIpc) is 4.07. The van der Waals surface area contributed by atoms with Gasteiger partial charge in [-0.15, -0.1) is 17.1 Å². The predicted molar refractivity (Wildman–Crippen MR) is 232 cm³/mol. The molecule has 3 aromatic heterocycles. The van der Waals surface area contributed by atoms with E-state index in [2.05, 4.69) is 190 Å². The first-order valence-electron chi connectivity index (χ1n) is 19.1. The van der Waals surface area contributed by atoms with Gasteiger partial charge in [0.1, 0.15) is 11.2 Å². The number of rotatable bonds is 5. The second kappa shape index (κ2) is 12.5. The second-order valence-corrected chi connectivity index (χ2v) is 15.7. The van der Waals surface area contributed by atoms with Crippen molar-refractivity contribution in [3.63, 3.8) is 0 Å². The Kier molecular flexibility index (Phi) is 7.11. The Balaban J connectivity index is 1.03. The molecule has 3 unspecified atom stereocenters. The summed E-state index contributed by atoms with van der Waals surface area (Å²) in [7, 11) is 0. The van der Waals surface area contributed by atoms with Gasteiger partial charge in [-0.25, -0.2) is 0 Å². The van der Waals surface area contributed by atoms with E-state index in [1.807, 2.05) is 17.4 Å². The van der Waals surface area contributed by atoms with Crippen LogP contribution >= 0.6 is 11.3 Å². The molecule has 1 aliphatic heterocycles. The highest BCUT2D eigenvalue weighted by atomic mass is 32.1. The Morgan fingerprint density at radius 2 is 1.23 bits per heavy atom. The topological polar surface area (TPSA) is 54.2 Å². The van der Waals surface area contributed by atoms with Crippen molar-refractivity contribution in [1.29, 1.82) is 0 Å². The molecule has 12 rings (SSSR count). The summed E-state index contributed by atoms with van der Waals surface area (Å²) in [4.78, 5) is 0. The van der Waals surface area contributed by atoms with E-state index in [0.29, 0.717) is 0 Å². The van der Waals surface area contributed by atoms with Crippen molar-refractivity contribution in [2.75, 3.05) is 0 Å². The third kappa shape index (κ3) is 4.79. The Morgan fingerprint density at radius 1 is 0.554 bits per heavy atom. The minimum atomic E-state index is -0.0976. The maximum Gasteiger partial charge on any atom is 0.143 e. The zero-order valence-electron chi connectivity index (χ0n) is 30.2. The third-order valence-corrected chi connectivity index (χ3v) is 12.8. The number of fused-ring (bicyclic) bond motifs is 9. The van der Waals surface area contributed by atoms with Crippen molar-refractivity contribution in [3.8, 4) is 16.8 Å². The third-order valence-electron chi connectivity index (χ3n) is 11.6. The van der Waals surface area contributed by atoms with Gasteiger partial charge in [0.15, 0.2) is 0 Å². The van der Waals surface area contributed by atoms with Gasteiger partial charge < -0.3 is 8.98 Å². The molecular weight excluding hydrogens is 705 g/mol. The van der Waals surface area contributed by atoms with Crippen molar-refractivity contribution in [3.05, 3.63) is 192 Å². The van der Waals surface area contributed by atoms with Gasteiger partial charge in [-0.05, 0) is 65.3 Å². The van der Waals surface area contributed by atoms with Crippen LogP contribution in [0.15, 0.2) is 186 Å². The van der Waals surface area contributed by atoms with Gasteiger partial charge in [-0.3, -0.25) is 16.0 Å². The van der Waals surface area contributed by atoms with Crippen LogP contribution in [0.2, 0.25) is 0 Å². The molecule has 0 saturated carbocycles. The highest BCUT2D eigenvalue weighted by Gasteiger charge is 2.32. The Labute approximate surface area is 326 Å². The predicted octanol–water partition coefficient (Wildman–Crippen LogP) is 12.2. The van der Waals surface area contributed by atoms with Crippen molar-refractivity contribution >= 4 is 75.3 Å². The van der Waals surface area contributed by atoms with E-state index in [-0.39, 0.29) is 18.5 Å². The molecule has 0 bridgehead atoms. The number of aromatic nitrogens is 1. The number of thiophene rings is 1. The molecule has 0 amide bonds. The zero-order valence-corrected chi connectivity index (χ0v) is 31.0. The van der Waals surface area contributed by atoms with Crippen molar-refractivity contribution in [2.45, 2.75) is 18.5 Å². The van der Waals surface area contributed by atoms with E-state index in [0.717, 1.165) is 33.2 Å². The quantitative estimate of drug-likeness (QED) is 0.154. The first-order valence-corrected chi connectivity index (χ1v) is 19.9. The molecule has 2 aliphatic rings. The minimum Gasteiger partial charge on any atom is -0.455 e. The molecule has 3 atom stereocenters. The van der Waals surface area contributed by atoms with Gasteiger partial charge in [0, 0.05) is 47.5 Å². The molecule has 3 N–H and O–H groups in total. The highest BCUT2D eigenvalue weighted by molar-refractivity contribution is 7.26. The standard InChI is InChI=1S/C50H34N4OS/c1-2-14-30(15-3-1)48-51-49(31-16-4-5-17-31)53-50(52-48)38-24-11-23-37-44-34(20-12-29-43(44)56-47(37)38)35-21-10-22-36-45-41(27-13-28-42(45)55-46(35)36)54-39-25-8-6-18-32(39)33-19-7-9-26-40(33)54/h1-4,6-29,48-53H. The minimum absolute atomic E-state index is 0.0411. The van der Waals surface area contributed by atoms with Gasteiger partial charge in [0.25, 0.3) is 0 Å². The number of hydrogen-bond donors (Lipinski definition) is 3. The first-order chi connectivity index (χ1) is 27.8.